The lowest BCUT2D eigenvalue weighted by Gasteiger charge is -2.08. The van der Waals surface area contributed by atoms with Crippen LogP contribution in [0.3, 0.4) is 0 Å². The molecule has 11 heteroatoms. The molecule has 3 rings (SSSR count). The third-order valence-electron chi connectivity index (χ3n) is 3.60. The van der Waals surface area contributed by atoms with Crippen molar-refractivity contribution < 1.29 is 26.3 Å². The van der Waals surface area contributed by atoms with Crippen molar-refractivity contribution in [2.45, 2.75) is 12.4 Å². The van der Waals surface area contributed by atoms with E-state index in [1.165, 1.54) is 25.2 Å². The Morgan fingerprint density at radius 2 is 1.52 bits per heavy atom. The lowest BCUT2D eigenvalue weighted by atomic mass is 10.1. The van der Waals surface area contributed by atoms with Gasteiger partial charge in [0.05, 0.1) is 17.0 Å². The first-order chi connectivity index (χ1) is 12.4. The van der Waals surface area contributed by atoms with Crippen LogP contribution in [-0.4, -0.2) is 19.7 Å². The van der Waals surface area contributed by atoms with Crippen molar-refractivity contribution in [3.63, 3.8) is 0 Å². The molecule has 1 aromatic carbocycles. The Balaban J connectivity index is 2.04. The van der Waals surface area contributed by atoms with Gasteiger partial charge in [0.15, 0.2) is 11.5 Å². The molecule has 0 radical (unpaired) electrons. The van der Waals surface area contributed by atoms with Crippen molar-refractivity contribution in [2.24, 2.45) is 7.05 Å². The number of alkyl halides is 6. The van der Waals surface area contributed by atoms with Gasteiger partial charge in [0.1, 0.15) is 4.60 Å². The summed E-state index contributed by atoms with van der Waals surface area (Å²) in [6.07, 6.45) is -9.10. The van der Waals surface area contributed by atoms with E-state index in [0.29, 0.717) is 0 Å². The zero-order valence-electron chi connectivity index (χ0n) is 13.4. The van der Waals surface area contributed by atoms with Crippen LogP contribution >= 0.6 is 15.9 Å². The Morgan fingerprint density at radius 1 is 0.889 bits per heavy atom. The first-order valence-corrected chi connectivity index (χ1v) is 8.08. The first kappa shape index (κ1) is 19.3. The predicted octanol–water partition coefficient (Wildman–Crippen LogP) is 5.34. The Hall–Kier alpha value is -2.43. The second-order valence-electron chi connectivity index (χ2n) is 5.51. The van der Waals surface area contributed by atoms with E-state index in [2.05, 4.69) is 31.0 Å². The summed E-state index contributed by atoms with van der Waals surface area (Å²) in [4.78, 5) is 8.25. The van der Waals surface area contributed by atoms with Crippen LogP contribution in [0, 0.1) is 0 Å². The Labute approximate surface area is 157 Å². The molecule has 2 heterocycles. The molecule has 0 atom stereocenters. The zero-order chi connectivity index (χ0) is 20.0. The standard InChI is InChI=1S/C16H9BrF6N4/c1-27-11(7-12(26-27)16(21,22)23)10-6-13(17)25-14(24-10)8-2-4-9(5-3-8)15(18,19)20/h2-7H,1H3. The van der Waals surface area contributed by atoms with Gasteiger partial charge in [0, 0.05) is 12.6 Å². The van der Waals surface area contributed by atoms with Gasteiger partial charge in [-0.1, -0.05) is 12.1 Å². The van der Waals surface area contributed by atoms with Gasteiger partial charge >= 0.3 is 12.4 Å². The van der Waals surface area contributed by atoms with Gasteiger partial charge in [-0.05, 0) is 40.2 Å². The summed E-state index contributed by atoms with van der Waals surface area (Å²) < 4.78 is 77.8. The van der Waals surface area contributed by atoms with Crippen molar-refractivity contribution >= 4 is 15.9 Å². The molecule has 2 aromatic heterocycles. The highest BCUT2D eigenvalue weighted by Gasteiger charge is 2.35. The van der Waals surface area contributed by atoms with Crippen molar-refractivity contribution in [2.75, 3.05) is 0 Å². The Kier molecular flexibility index (Phi) is 4.74. The number of aryl methyl sites for hydroxylation is 1. The molecule has 0 aliphatic rings. The molecule has 4 nitrogen and oxygen atoms in total. The van der Waals surface area contributed by atoms with Gasteiger partial charge in [0.25, 0.3) is 0 Å². The first-order valence-electron chi connectivity index (χ1n) is 7.29. The highest BCUT2D eigenvalue weighted by Crippen LogP contribution is 2.33. The molecule has 3 aromatic rings. The fourth-order valence-corrected chi connectivity index (χ4v) is 2.72. The van der Waals surface area contributed by atoms with E-state index in [-0.39, 0.29) is 27.4 Å². The van der Waals surface area contributed by atoms with Gasteiger partial charge < -0.3 is 0 Å². The molecule has 0 N–H and O–H groups in total. The average Bonchev–Trinajstić information content (AvgIpc) is 2.96. The van der Waals surface area contributed by atoms with Crippen LogP contribution < -0.4 is 0 Å². The number of hydrogen-bond donors (Lipinski definition) is 0. The Morgan fingerprint density at radius 3 is 2.04 bits per heavy atom. The summed E-state index contributed by atoms with van der Waals surface area (Å²) in [5, 5.41) is 3.42. The van der Waals surface area contributed by atoms with Crippen LogP contribution in [0.2, 0.25) is 0 Å². The third-order valence-corrected chi connectivity index (χ3v) is 4.00. The SMILES string of the molecule is Cn1nc(C(F)(F)F)cc1-c1cc(Br)nc(-c2ccc(C(F)(F)F)cc2)n1. The number of nitrogens with zero attached hydrogens (tertiary/aromatic N) is 4. The molecule has 0 fully saturated rings. The van der Waals surface area contributed by atoms with Gasteiger partial charge in [-0.15, -0.1) is 0 Å². The molecule has 0 saturated carbocycles. The summed E-state index contributed by atoms with van der Waals surface area (Å²) in [6, 6.07) is 6.38. The second kappa shape index (κ2) is 6.63. The zero-order valence-corrected chi connectivity index (χ0v) is 15.0. The topological polar surface area (TPSA) is 43.6 Å². The van der Waals surface area contributed by atoms with E-state index < -0.39 is 23.6 Å². The average molecular weight is 451 g/mol. The van der Waals surface area contributed by atoms with Gasteiger partial charge in [-0.25, -0.2) is 9.97 Å². The highest BCUT2D eigenvalue weighted by atomic mass is 79.9. The van der Waals surface area contributed by atoms with E-state index in [0.717, 1.165) is 22.9 Å². The van der Waals surface area contributed by atoms with Crippen molar-refractivity contribution in [1.29, 1.82) is 0 Å². The van der Waals surface area contributed by atoms with E-state index >= 15 is 0 Å². The highest BCUT2D eigenvalue weighted by molar-refractivity contribution is 9.10. The molecular formula is C16H9BrF6N4. The van der Waals surface area contributed by atoms with E-state index in [1.54, 1.807) is 0 Å². The number of halogens is 7. The van der Waals surface area contributed by atoms with Crippen molar-refractivity contribution in [3.8, 4) is 22.8 Å². The summed E-state index contributed by atoms with van der Waals surface area (Å²) in [5.41, 5.74) is -1.41. The van der Waals surface area contributed by atoms with Crippen LogP contribution in [0.15, 0.2) is 41.0 Å². The lowest BCUT2D eigenvalue weighted by molar-refractivity contribution is -0.141. The number of benzene rings is 1. The molecule has 0 aliphatic carbocycles. The predicted molar refractivity (Wildman–Crippen MR) is 87.4 cm³/mol. The molecule has 0 unspecified atom stereocenters. The molecular weight excluding hydrogens is 442 g/mol. The molecule has 0 saturated heterocycles. The lowest BCUT2D eigenvalue weighted by Crippen LogP contribution is -2.06. The summed E-state index contributed by atoms with van der Waals surface area (Å²) >= 11 is 3.14. The molecule has 0 aliphatic heterocycles. The van der Waals surface area contributed by atoms with Crippen LogP contribution in [0.5, 0.6) is 0 Å². The van der Waals surface area contributed by atoms with Gasteiger partial charge in [0.2, 0.25) is 0 Å². The van der Waals surface area contributed by atoms with E-state index in [4.69, 9.17) is 0 Å². The monoisotopic (exact) mass is 450 g/mol. The minimum Gasteiger partial charge on any atom is -0.266 e. The maximum Gasteiger partial charge on any atom is 0.435 e. The second-order valence-corrected chi connectivity index (χ2v) is 6.32. The fraction of sp³-hybridized carbons (Fsp3) is 0.188. The molecule has 142 valence electrons. The summed E-state index contributed by atoms with van der Waals surface area (Å²) in [5.74, 6) is 0.0582. The minimum atomic E-state index is -4.61. The number of hydrogen-bond acceptors (Lipinski definition) is 3. The fourth-order valence-electron chi connectivity index (χ4n) is 2.33. The van der Waals surface area contributed by atoms with Crippen LogP contribution in [0.25, 0.3) is 22.8 Å². The quantitative estimate of drug-likeness (QED) is 0.390. The third kappa shape index (κ3) is 4.12. The summed E-state index contributed by atoms with van der Waals surface area (Å²) in [7, 11) is 1.33. The minimum absolute atomic E-state index is 0.0582. The van der Waals surface area contributed by atoms with E-state index in [9.17, 15) is 26.3 Å². The molecule has 0 amide bonds. The van der Waals surface area contributed by atoms with Crippen LogP contribution in [-0.2, 0) is 19.4 Å². The summed E-state index contributed by atoms with van der Waals surface area (Å²) in [6.45, 7) is 0. The van der Waals surface area contributed by atoms with Gasteiger partial charge in [-0.3, -0.25) is 4.68 Å². The number of rotatable bonds is 2. The molecule has 0 spiro atoms. The maximum atomic E-state index is 12.8. The van der Waals surface area contributed by atoms with Gasteiger partial charge in [-0.2, -0.15) is 31.4 Å². The molecule has 0 bridgehead atoms. The normalized spacial score (nSPS) is 12.4. The van der Waals surface area contributed by atoms with Crippen LogP contribution in [0.4, 0.5) is 26.3 Å². The molecule has 27 heavy (non-hydrogen) atoms. The van der Waals surface area contributed by atoms with Crippen molar-refractivity contribution in [1.82, 2.24) is 19.7 Å². The number of aromatic nitrogens is 4. The van der Waals surface area contributed by atoms with Crippen LogP contribution in [0.1, 0.15) is 11.3 Å². The van der Waals surface area contributed by atoms with E-state index in [1.807, 2.05) is 0 Å². The van der Waals surface area contributed by atoms with Crippen molar-refractivity contribution in [3.05, 3.63) is 52.3 Å². The largest absolute Gasteiger partial charge is 0.435 e. The Bertz CT molecular complexity index is 976. The smallest absolute Gasteiger partial charge is 0.266 e. The maximum absolute atomic E-state index is 12.8.